The summed E-state index contributed by atoms with van der Waals surface area (Å²) in [4.78, 5) is 32.3. The molecule has 13 heteroatoms. The lowest BCUT2D eigenvalue weighted by atomic mass is 9.99. The first kappa shape index (κ1) is 23.5. The summed E-state index contributed by atoms with van der Waals surface area (Å²) in [6, 6.07) is 3.83. The van der Waals surface area contributed by atoms with E-state index in [2.05, 4.69) is 36.4 Å². The van der Waals surface area contributed by atoms with E-state index >= 15 is 0 Å². The van der Waals surface area contributed by atoms with Crippen LogP contribution >= 0.6 is 0 Å². The van der Waals surface area contributed by atoms with Gasteiger partial charge in [-0.15, -0.1) is 0 Å². The van der Waals surface area contributed by atoms with E-state index in [4.69, 9.17) is 4.52 Å². The lowest BCUT2D eigenvalue weighted by molar-refractivity contribution is 0.0935. The second-order valence-corrected chi connectivity index (χ2v) is 7.57. The first-order valence-electron chi connectivity index (χ1n) is 10.3. The highest BCUT2D eigenvalue weighted by molar-refractivity contribution is 5.94. The summed E-state index contributed by atoms with van der Waals surface area (Å²) >= 11 is 0. The minimum Gasteiger partial charge on any atom is -0.339 e. The van der Waals surface area contributed by atoms with Gasteiger partial charge in [0, 0.05) is 31.9 Å². The molecule has 0 spiro atoms. The number of rotatable bonds is 5. The predicted molar refractivity (Wildman–Crippen MR) is 118 cm³/mol. The van der Waals surface area contributed by atoms with Gasteiger partial charge in [0.2, 0.25) is 11.7 Å². The van der Waals surface area contributed by atoms with Crippen molar-refractivity contribution in [2.45, 2.75) is 19.9 Å². The van der Waals surface area contributed by atoms with Gasteiger partial charge in [-0.05, 0) is 24.6 Å². The molecule has 1 aromatic carbocycles. The Bertz CT molecular complexity index is 1400. The first-order chi connectivity index (χ1) is 16.7. The molecule has 1 atom stereocenters. The molecular formula is C22H20F2N8O3. The van der Waals surface area contributed by atoms with Crippen LogP contribution in [0.15, 0.2) is 47.4 Å². The van der Waals surface area contributed by atoms with Crippen LogP contribution in [0.5, 0.6) is 0 Å². The van der Waals surface area contributed by atoms with Gasteiger partial charge in [0.1, 0.15) is 11.6 Å². The highest BCUT2D eigenvalue weighted by atomic mass is 19.1. The molecular weight excluding hydrogens is 462 g/mol. The first-order valence-corrected chi connectivity index (χ1v) is 10.3. The number of benzene rings is 1. The largest absolute Gasteiger partial charge is 0.339 e. The molecule has 3 aromatic heterocycles. The van der Waals surface area contributed by atoms with E-state index in [1.54, 1.807) is 20.0 Å². The van der Waals surface area contributed by atoms with Gasteiger partial charge in [-0.1, -0.05) is 17.3 Å². The van der Waals surface area contributed by atoms with Crippen LogP contribution in [-0.4, -0.2) is 36.8 Å². The molecule has 35 heavy (non-hydrogen) atoms. The van der Waals surface area contributed by atoms with Crippen LogP contribution in [0.25, 0.3) is 22.5 Å². The summed E-state index contributed by atoms with van der Waals surface area (Å²) in [6.07, 6.45) is 4.16. The van der Waals surface area contributed by atoms with Crippen LogP contribution in [-0.2, 0) is 7.05 Å². The minimum absolute atomic E-state index is 0.0279. The van der Waals surface area contributed by atoms with Crippen LogP contribution in [0.3, 0.4) is 0 Å². The molecule has 4 rings (SSSR count). The van der Waals surface area contributed by atoms with Gasteiger partial charge in [0.05, 0.1) is 29.1 Å². The number of nitrogens with zero attached hydrogens (tertiary/aromatic N) is 5. The van der Waals surface area contributed by atoms with Gasteiger partial charge in [-0.2, -0.15) is 10.1 Å². The normalized spacial score (nSPS) is 11.7. The van der Waals surface area contributed by atoms with Crippen molar-refractivity contribution in [3.63, 3.8) is 0 Å². The maximum atomic E-state index is 15.0. The Labute approximate surface area is 197 Å². The van der Waals surface area contributed by atoms with Crippen molar-refractivity contribution in [2.75, 3.05) is 0 Å². The molecule has 3 N–H and O–H groups in total. The van der Waals surface area contributed by atoms with Crippen LogP contribution in [0.4, 0.5) is 13.6 Å². The van der Waals surface area contributed by atoms with Crippen molar-refractivity contribution in [1.82, 2.24) is 41.1 Å². The average molecular weight is 482 g/mol. The molecule has 0 saturated heterocycles. The fraction of sp³-hybridized carbons (Fsp3) is 0.182. The Morgan fingerprint density at radius 2 is 1.94 bits per heavy atom. The quantitative estimate of drug-likeness (QED) is 0.372. The summed E-state index contributed by atoms with van der Waals surface area (Å²) in [5.74, 6) is -1.62. The van der Waals surface area contributed by atoms with Gasteiger partial charge in [-0.25, -0.2) is 19.0 Å². The summed E-state index contributed by atoms with van der Waals surface area (Å²) in [6.45, 7) is 3.09. The number of hydrogen-bond donors (Lipinski definition) is 3. The van der Waals surface area contributed by atoms with Crippen molar-refractivity contribution < 1.29 is 22.9 Å². The van der Waals surface area contributed by atoms with E-state index in [1.807, 2.05) is 0 Å². The van der Waals surface area contributed by atoms with Crippen molar-refractivity contribution in [3.05, 3.63) is 71.6 Å². The highest BCUT2D eigenvalue weighted by Crippen LogP contribution is 2.33. The maximum Gasteiger partial charge on any atom is 0.334 e. The monoisotopic (exact) mass is 482 g/mol. The van der Waals surface area contributed by atoms with Gasteiger partial charge >= 0.3 is 6.03 Å². The number of hydrogen-bond acceptors (Lipinski definition) is 7. The molecule has 0 aliphatic heterocycles. The number of nitrogens with one attached hydrogen (secondary N) is 3. The lowest BCUT2D eigenvalue weighted by Gasteiger charge is -2.16. The number of carbonyl (C=O) groups excluding carboxylic acids is 2. The topological polar surface area (TPSA) is 140 Å². The Kier molecular flexibility index (Phi) is 6.48. The smallest absolute Gasteiger partial charge is 0.334 e. The zero-order valence-electron chi connectivity index (χ0n) is 18.8. The van der Waals surface area contributed by atoms with Crippen LogP contribution in [0, 0.1) is 18.6 Å². The molecule has 180 valence electrons. The molecule has 0 bridgehead atoms. The number of pyridine rings is 1. The summed E-state index contributed by atoms with van der Waals surface area (Å²) in [5.41, 5.74) is 5.24. The molecule has 0 radical (unpaired) electrons. The van der Waals surface area contributed by atoms with Crippen molar-refractivity contribution in [2.24, 2.45) is 7.05 Å². The third-order valence-corrected chi connectivity index (χ3v) is 4.96. The molecule has 3 amide bonds. The van der Waals surface area contributed by atoms with Crippen LogP contribution < -0.4 is 16.2 Å². The molecule has 4 aromatic rings. The second-order valence-electron chi connectivity index (χ2n) is 7.57. The van der Waals surface area contributed by atoms with E-state index < -0.39 is 29.6 Å². The minimum atomic E-state index is -0.855. The molecule has 1 unspecified atom stereocenters. The van der Waals surface area contributed by atoms with Gasteiger partial charge in [0.25, 0.3) is 5.91 Å². The summed E-state index contributed by atoms with van der Waals surface area (Å²) in [5, 5.41) is 10.1. The molecule has 0 fully saturated rings. The summed E-state index contributed by atoms with van der Waals surface area (Å²) < 4.78 is 35.9. The molecule has 0 aliphatic carbocycles. The third kappa shape index (κ3) is 5.13. The average Bonchev–Trinajstić information content (AvgIpc) is 3.45. The standard InChI is InChI=1S/C22H20F2N8O3/c1-11(27-22(34)30-29-21(33)14-9-26-32(3)10-14)19-17(24)7-13(8-25-19)15-5-4-6-16(23)18(15)20-28-12(2)35-31-20/h4-11H,1-3H3,(H,29,33)(H2,27,30,34). The van der Waals surface area contributed by atoms with E-state index in [-0.39, 0.29) is 34.1 Å². The zero-order valence-corrected chi connectivity index (χ0v) is 18.8. The number of carbonyl (C=O) groups is 2. The third-order valence-electron chi connectivity index (χ3n) is 4.96. The fourth-order valence-electron chi connectivity index (χ4n) is 3.33. The number of hydrazine groups is 1. The second kappa shape index (κ2) is 9.67. The van der Waals surface area contributed by atoms with E-state index in [0.29, 0.717) is 5.56 Å². The summed E-state index contributed by atoms with van der Waals surface area (Å²) in [7, 11) is 1.65. The predicted octanol–water partition coefficient (Wildman–Crippen LogP) is 2.82. The number of aryl methyl sites for hydroxylation is 2. The SMILES string of the molecule is Cc1nc(-c2c(F)cccc2-c2cnc(C(C)NC(=O)NNC(=O)c3cnn(C)c3)c(F)c2)no1. The van der Waals surface area contributed by atoms with E-state index in [9.17, 15) is 18.4 Å². The van der Waals surface area contributed by atoms with Crippen molar-refractivity contribution in [3.8, 4) is 22.5 Å². The Morgan fingerprint density at radius 1 is 1.14 bits per heavy atom. The van der Waals surface area contributed by atoms with Crippen molar-refractivity contribution in [1.29, 1.82) is 0 Å². The number of amides is 3. The van der Waals surface area contributed by atoms with Gasteiger partial charge in [-0.3, -0.25) is 19.9 Å². The maximum absolute atomic E-state index is 15.0. The Balaban J connectivity index is 1.47. The van der Waals surface area contributed by atoms with Gasteiger partial charge < -0.3 is 9.84 Å². The number of urea groups is 1. The van der Waals surface area contributed by atoms with Crippen molar-refractivity contribution >= 4 is 11.9 Å². The van der Waals surface area contributed by atoms with E-state index in [1.165, 1.54) is 48.4 Å². The zero-order chi connectivity index (χ0) is 25.1. The Hall–Kier alpha value is -4.68. The van der Waals surface area contributed by atoms with Crippen LogP contribution in [0.2, 0.25) is 0 Å². The van der Waals surface area contributed by atoms with Gasteiger partial charge in [0.15, 0.2) is 0 Å². The highest BCUT2D eigenvalue weighted by Gasteiger charge is 2.21. The number of halogens is 2. The molecule has 0 saturated carbocycles. The number of aromatic nitrogens is 5. The lowest BCUT2D eigenvalue weighted by Crippen LogP contribution is -2.47. The molecule has 3 heterocycles. The molecule has 0 aliphatic rings. The Morgan fingerprint density at radius 3 is 2.60 bits per heavy atom. The van der Waals surface area contributed by atoms with E-state index in [0.717, 1.165) is 0 Å². The fourth-order valence-corrected chi connectivity index (χ4v) is 3.33. The van der Waals surface area contributed by atoms with Crippen LogP contribution in [0.1, 0.15) is 34.9 Å². The molecule has 11 nitrogen and oxygen atoms in total.